The van der Waals surface area contributed by atoms with E-state index in [9.17, 15) is 44.4 Å². The quantitative estimate of drug-likeness (QED) is 0.142. The molecule has 0 saturated carbocycles. The fourth-order valence-electron chi connectivity index (χ4n) is 3.22. The smallest absolute Gasteiger partial charge is 0.349 e. The maximum Gasteiger partial charge on any atom is 0.349 e. The molecule has 198 valence electrons. The highest BCUT2D eigenvalue weighted by Gasteiger charge is 2.77. The molecule has 5 N–H and O–H groups in total. The van der Waals surface area contributed by atoms with Gasteiger partial charge in [-0.25, -0.2) is 4.79 Å². The normalized spacial score (nSPS) is 28.3. The van der Waals surface area contributed by atoms with Crippen LogP contribution in [0.1, 0.15) is 31.1 Å². The summed E-state index contributed by atoms with van der Waals surface area (Å²) in [5.41, 5.74) is -1.76. The number of aliphatic carboxylic acids is 1. The molecule has 1 aromatic carbocycles. The standard InChI is InChI=1S/C21H25NO13S/c1-11(23)33-19(29)10-32-18(20(30,34-12(2)24)21(19,31)35-13(3)25)36-9-15(17(27)28)22-16(26)14-7-5-4-6-8-14/h4-8,15,18,29-31H,9-10H2,1-3H3,(H,22,26)(H,27,28)/t15-,18-,19+,20+,21-/m0/s1. The summed E-state index contributed by atoms with van der Waals surface area (Å²) in [6.07, 6.45) is 0. The van der Waals surface area contributed by atoms with Gasteiger partial charge in [0.05, 0.1) is 0 Å². The van der Waals surface area contributed by atoms with Gasteiger partial charge in [-0.3, -0.25) is 19.2 Å². The first-order valence-electron chi connectivity index (χ1n) is 10.2. The minimum Gasteiger partial charge on any atom is -0.480 e. The number of hydrogen-bond acceptors (Lipinski definition) is 13. The van der Waals surface area contributed by atoms with Crippen molar-refractivity contribution in [2.45, 2.75) is 49.6 Å². The highest BCUT2D eigenvalue weighted by atomic mass is 32.2. The summed E-state index contributed by atoms with van der Waals surface area (Å²) < 4.78 is 19.4. The molecule has 15 heteroatoms. The van der Waals surface area contributed by atoms with Gasteiger partial charge in [-0.15, -0.1) is 11.8 Å². The van der Waals surface area contributed by atoms with Gasteiger partial charge in [-0.1, -0.05) is 18.2 Å². The van der Waals surface area contributed by atoms with E-state index in [0.717, 1.165) is 20.8 Å². The van der Waals surface area contributed by atoms with E-state index in [1.807, 2.05) is 0 Å². The van der Waals surface area contributed by atoms with Crippen LogP contribution in [0, 0.1) is 0 Å². The van der Waals surface area contributed by atoms with E-state index >= 15 is 0 Å². The largest absolute Gasteiger partial charge is 0.480 e. The SMILES string of the molecule is CC(=O)O[C@@]1(O)[C@](O)(OC(C)=O)CO[C@@H](SC[C@H](NC(=O)c2ccccc2)C(=O)O)[C@@]1(O)OC(C)=O. The predicted molar refractivity (Wildman–Crippen MR) is 118 cm³/mol. The number of hydrogen-bond donors (Lipinski definition) is 5. The Morgan fingerprint density at radius 3 is 2.06 bits per heavy atom. The maximum absolute atomic E-state index is 12.4. The second kappa shape index (κ2) is 11.2. The number of carboxylic acid groups (broad SMARTS) is 1. The summed E-state index contributed by atoms with van der Waals surface area (Å²) in [5.74, 6) is -16.8. The number of aliphatic hydroxyl groups is 3. The van der Waals surface area contributed by atoms with Crippen molar-refractivity contribution < 1.29 is 63.3 Å². The minimum atomic E-state index is -3.62. The molecule has 14 nitrogen and oxygen atoms in total. The lowest BCUT2D eigenvalue weighted by molar-refractivity contribution is -0.486. The Bertz CT molecular complexity index is 1020. The topological polar surface area (TPSA) is 215 Å². The predicted octanol–water partition coefficient (Wildman–Crippen LogP) is -1.29. The molecule has 1 aromatic rings. The molecule has 1 fully saturated rings. The Balaban J connectivity index is 2.38. The lowest BCUT2D eigenvalue weighted by Gasteiger charge is -2.53. The summed E-state index contributed by atoms with van der Waals surface area (Å²) in [6.45, 7) is 1.29. The van der Waals surface area contributed by atoms with Crippen LogP contribution in [0.5, 0.6) is 0 Å². The summed E-state index contributed by atoms with van der Waals surface area (Å²) >= 11 is 0.421. The second-order valence-corrected chi connectivity index (χ2v) is 8.71. The van der Waals surface area contributed by atoms with Crippen LogP contribution in [0.25, 0.3) is 0 Å². The van der Waals surface area contributed by atoms with E-state index in [1.54, 1.807) is 18.2 Å². The van der Waals surface area contributed by atoms with Gasteiger partial charge in [0.2, 0.25) is 0 Å². The zero-order valence-electron chi connectivity index (χ0n) is 19.3. The average molecular weight is 531 g/mol. The van der Waals surface area contributed by atoms with Crippen molar-refractivity contribution in [2.24, 2.45) is 0 Å². The monoisotopic (exact) mass is 531 g/mol. The average Bonchev–Trinajstić information content (AvgIpc) is 2.75. The molecule has 0 bridgehead atoms. The van der Waals surface area contributed by atoms with Gasteiger partial charge in [0.15, 0.2) is 5.44 Å². The molecule has 0 aromatic heterocycles. The van der Waals surface area contributed by atoms with Crippen molar-refractivity contribution in [1.82, 2.24) is 5.32 Å². The van der Waals surface area contributed by atoms with Gasteiger partial charge in [0.1, 0.15) is 12.6 Å². The molecule has 5 atom stereocenters. The van der Waals surface area contributed by atoms with E-state index in [4.69, 9.17) is 14.2 Å². The second-order valence-electron chi connectivity index (χ2n) is 7.61. The van der Waals surface area contributed by atoms with Crippen LogP contribution >= 0.6 is 11.8 Å². The van der Waals surface area contributed by atoms with E-state index < -0.39 is 71.0 Å². The summed E-state index contributed by atoms with van der Waals surface area (Å²) in [4.78, 5) is 59.2. The number of esters is 3. The Kier molecular flexibility index (Phi) is 9.03. The van der Waals surface area contributed by atoms with Crippen molar-refractivity contribution in [3.05, 3.63) is 35.9 Å². The lowest BCUT2D eigenvalue weighted by Crippen LogP contribution is -2.80. The van der Waals surface area contributed by atoms with Gasteiger partial charge in [0.25, 0.3) is 5.91 Å². The third-order valence-corrected chi connectivity index (χ3v) is 6.01. The Morgan fingerprint density at radius 2 is 1.56 bits per heavy atom. The Hall–Kier alpha value is -3.24. The molecule has 0 radical (unpaired) electrons. The number of nitrogens with one attached hydrogen (secondary N) is 1. The van der Waals surface area contributed by atoms with Crippen LogP contribution in [0.15, 0.2) is 30.3 Å². The first kappa shape index (κ1) is 29.0. The third-order valence-electron chi connectivity index (χ3n) is 4.72. The number of carboxylic acids is 1. The van der Waals surface area contributed by atoms with Gasteiger partial charge in [0, 0.05) is 32.1 Å². The molecule has 0 unspecified atom stereocenters. The van der Waals surface area contributed by atoms with Crippen molar-refractivity contribution >= 4 is 41.5 Å². The first-order chi connectivity index (χ1) is 16.6. The van der Waals surface area contributed by atoms with Gasteiger partial charge in [-0.2, -0.15) is 0 Å². The molecule has 36 heavy (non-hydrogen) atoms. The van der Waals surface area contributed by atoms with Crippen LogP contribution in [-0.4, -0.2) is 91.4 Å². The van der Waals surface area contributed by atoms with Gasteiger partial charge >= 0.3 is 41.2 Å². The summed E-state index contributed by atoms with van der Waals surface area (Å²) in [7, 11) is 0. The van der Waals surface area contributed by atoms with Crippen molar-refractivity contribution in [3.8, 4) is 0 Å². The molecule has 1 saturated heterocycles. The number of thioether (sulfide) groups is 1. The van der Waals surface area contributed by atoms with E-state index in [0.29, 0.717) is 11.8 Å². The minimum absolute atomic E-state index is 0.162. The highest BCUT2D eigenvalue weighted by Crippen LogP contribution is 2.47. The zero-order chi connectivity index (χ0) is 27.3. The molecule has 0 spiro atoms. The van der Waals surface area contributed by atoms with Crippen LogP contribution in [-0.2, 0) is 38.1 Å². The van der Waals surface area contributed by atoms with E-state index in [-0.39, 0.29) is 5.56 Å². The fraction of sp³-hybridized carbons (Fsp3) is 0.476. The van der Waals surface area contributed by atoms with Crippen molar-refractivity contribution in [2.75, 3.05) is 12.4 Å². The maximum atomic E-state index is 12.4. The first-order valence-corrected chi connectivity index (χ1v) is 11.3. The molecule has 2 rings (SSSR count). The molecule has 1 aliphatic heterocycles. The molecule has 1 amide bonds. The van der Waals surface area contributed by atoms with Gasteiger partial charge < -0.3 is 44.7 Å². The molecular formula is C21H25NO13S. The third kappa shape index (κ3) is 6.11. The Labute approximate surface area is 208 Å². The van der Waals surface area contributed by atoms with Gasteiger partial charge in [-0.05, 0) is 12.1 Å². The van der Waals surface area contributed by atoms with Crippen LogP contribution < -0.4 is 5.32 Å². The van der Waals surface area contributed by atoms with Crippen LogP contribution in [0.3, 0.4) is 0 Å². The van der Waals surface area contributed by atoms with Crippen LogP contribution in [0.2, 0.25) is 0 Å². The summed E-state index contributed by atoms with van der Waals surface area (Å²) in [5, 5.41) is 45.0. The van der Waals surface area contributed by atoms with Crippen molar-refractivity contribution in [1.29, 1.82) is 0 Å². The number of carbonyl (C=O) groups is 5. The number of rotatable bonds is 9. The lowest BCUT2D eigenvalue weighted by atomic mass is 9.93. The van der Waals surface area contributed by atoms with E-state index in [2.05, 4.69) is 10.1 Å². The summed E-state index contributed by atoms with van der Waals surface area (Å²) in [6, 6.07) is 6.09. The van der Waals surface area contributed by atoms with Crippen LogP contribution in [0.4, 0.5) is 0 Å². The number of ether oxygens (including phenoxy) is 4. The Morgan fingerprint density at radius 1 is 1.00 bits per heavy atom. The molecule has 1 aliphatic rings. The highest BCUT2D eigenvalue weighted by molar-refractivity contribution is 7.99. The molecule has 1 heterocycles. The van der Waals surface area contributed by atoms with Crippen molar-refractivity contribution in [3.63, 3.8) is 0 Å². The number of amides is 1. The number of benzene rings is 1. The molecule has 0 aliphatic carbocycles. The zero-order valence-corrected chi connectivity index (χ0v) is 20.1. The number of carbonyl (C=O) groups excluding carboxylic acids is 4. The fourth-order valence-corrected chi connectivity index (χ4v) is 4.41. The van der Waals surface area contributed by atoms with E-state index in [1.165, 1.54) is 12.1 Å². The molecular weight excluding hydrogens is 506 g/mol.